The lowest BCUT2D eigenvalue weighted by Crippen LogP contribution is -2.16. The van der Waals surface area contributed by atoms with E-state index >= 15 is 0 Å². The van der Waals surface area contributed by atoms with Crippen LogP contribution in [0.1, 0.15) is 33.3 Å². The number of carbonyl (C=O) groups is 2. The molecule has 3 rings (SSSR count). The van der Waals surface area contributed by atoms with Gasteiger partial charge >= 0.3 is 0 Å². The minimum absolute atomic E-state index is 0.230. The number of nitrogens with zero attached hydrogens (tertiary/aromatic N) is 4. The van der Waals surface area contributed by atoms with Crippen LogP contribution in [0.25, 0.3) is 5.82 Å². The second kappa shape index (κ2) is 7.82. The molecule has 10 heteroatoms. The summed E-state index contributed by atoms with van der Waals surface area (Å²) >= 11 is 0. The predicted octanol–water partition coefficient (Wildman–Crippen LogP) is 1.86. The minimum atomic E-state index is -0.924. The molecule has 0 saturated carbocycles. The Labute approximate surface area is 159 Å². The summed E-state index contributed by atoms with van der Waals surface area (Å²) in [4.78, 5) is 23.8. The Balaban J connectivity index is 1.82. The van der Waals surface area contributed by atoms with Gasteiger partial charge < -0.3 is 15.8 Å². The molecule has 3 aromatic rings. The van der Waals surface area contributed by atoms with Crippen LogP contribution in [0.15, 0.2) is 36.5 Å². The molecule has 0 fully saturated rings. The molecule has 0 unspecified atom stereocenters. The fraction of sp³-hybridized carbons (Fsp3) is 0.167. The van der Waals surface area contributed by atoms with E-state index < -0.39 is 17.6 Å². The second-order valence-corrected chi connectivity index (χ2v) is 5.73. The number of rotatable bonds is 6. The van der Waals surface area contributed by atoms with Crippen molar-refractivity contribution in [2.75, 3.05) is 11.9 Å². The van der Waals surface area contributed by atoms with Crippen LogP contribution in [-0.4, -0.2) is 38.4 Å². The lowest BCUT2D eigenvalue weighted by Gasteiger charge is -2.08. The molecule has 0 bridgehead atoms. The number of nitrogens with one attached hydrogen (secondary N) is 1. The van der Waals surface area contributed by atoms with Crippen LogP contribution < -0.4 is 15.8 Å². The molecular weight excluding hydrogens is 367 g/mol. The van der Waals surface area contributed by atoms with Crippen molar-refractivity contribution in [2.45, 2.75) is 13.8 Å². The van der Waals surface area contributed by atoms with Crippen molar-refractivity contribution in [2.24, 2.45) is 5.73 Å². The van der Waals surface area contributed by atoms with E-state index in [0.29, 0.717) is 24.0 Å². The molecule has 0 radical (unpaired) electrons. The van der Waals surface area contributed by atoms with Crippen molar-refractivity contribution in [1.82, 2.24) is 20.0 Å². The molecule has 0 atom stereocenters. The molecular formula is C18H17FN6O3. The summed E-state index contributed by atoms with van der Waals surface area (Å²) in [6.07, 6.45) is 1.38. The molecule has 0 spiro atoms. The SMILES string of the molecule is CCOc1ccc(-n2ncc(C(=O)Nc3ccc(F)c(C(N)=O)c3)c2C)nn1. The average Bonchev–Trinajstić information content (AvgIpc) is 3.05. The zero-order valence-electron chi connectivity index (χ0n) is 15.1. The van der Waals surface area contributed by atoms with Gasteiger partial charge in [-0.1, -0.05) is 0 Å². The molecule has 2 aromatic heterocycles. The van der Waals surface area contributed by atoms with E-state index in [1.165, 1.54) is 23.0 Å². The first-order valence-corrected chi connectivity index (χ1v) is 8.33. The highest BCUT2D eigenvalue weighted by Crippen LogP contribution is 2.18. The summed E-state index contributed by atoms with van der Waals surface area (Å²) in [5, 5.41) is 14.7. The van der Waals surface area contributed by atoms with Crippen LogP contribution in [0.5, 0.6) is 5.88 Å². The zero-order valence-corrected chi connectivity index (χ0v) is 15.1. The maximum atomic E-state index is 13.6. The molecule has 144 valence electrons. The van der Waals surface area contributed by atoms with Gasteiger partial charge in [0.25, 0.3) is 11.8 Å². The maximum Gasteiger partial charge on any atom is 0.259 e. The van der Waals surface area contributed by atoms with Gasteiger partial charge in [0.05, 0.1) is 29.6 Å². The van der Waals surface area contributed by atoms with Gasteiger partial charge in [-0.15, -0.1) is 10.2 Å². The molecule has 0 aliphatic rings. The number of aromatic nitrogens is 4. The molecule has 3 N–H and O–H groups in total. The molecule has 0 aliphatic carbocycles. The highest BCUT2D eigenvalue weighted by atomic mass is 19.1. The van der Waals surface area contributed by atoms with E-state index in [1.54, 1.807) is 19.1 Å². The van der Waals surface area contributed by atoms with Gasteiger partial charge in [0, 0.05) is 11.8 Å². The lowest BCUT2D eigenvalue weighted by molar-refractivity contribution is 0.0992. The topological polar surface area (TPSA) is 125 Å². The van der Waals surface area contributed by atoms with Gasteiger partial charge in [0.1, 0.15) is 5.82 Å². The summed E-state index contributed by atoms with van der Waals surface area (Å²) in [5.41, 5.74) is 5.84. The first kappa shape index (κ1) is 19.0. The molecule has 2 amide bonds. The Bertz CT molecular complexity index is 1030. The third-order valence-corrected chi connectivity index (χ3v) is 3.88. The number of ether oxygens (including phenoxy) is 1. The van der Waals surface area contributed by atoms with Crippen molar-refractivity contribution in [3.63, 3.8) is 0 Å². The number of halogens is 1. The van der Waals surface area contributed by atoms with E-state index in [9.17, 15) is 14.0 Å². The van der Waals surface area contributed by atoms with Gasteiger partial charge in [-0.25, -0.2) is 9.07 Å². The standard InChI is InChI=1S/C18H17FN6O3/c1-3-28-16-7-6-15(23-24-16)25-10(2)13(9-21-25)18(27)22-11-4-5-14(19)12(8-11)17(20)26/h4-9H,3H2,1-2H3,(H2,20,26)(H,22,27). The fourth-order valence-corrected chi connectivity index (χ4v) is 2.50. The zero-order chi connectivity index (χ0) is 20.3. The predicted molar refractivity (Wildman–Crippen MR) is 97.9 cm³/mol. The maximum absolute atomic E-state index is 13.6. The third kappa shape index (κ3) is 3.80. The van der Waals surface area contributed by atoms with Gasteiger partial charge in [-0.2, -0.15) is 5.10 Å². The lowest BCUT2D eigenvalue weighted by atomic mass is 10.1. The van der Waals surface area contributed by atoms with E-state index in [1.807, 2.05) is 6.92 Å². The van der Waals surface area contributed by atoms with Crippen molar-refractivity contribution in [1.29, 1.82) is 0 Å². The van der Waals surface area contributed by atoms with Crippen molar-refractivity contribution in [3.8, 4) is 11.7 Å². The van der Waals surface area contributed by atoms with Gasteiger partial charge in [0.15, 0.2) is 5.82 Å². The van der Waals surface area contributed by atoms with E-state index in [4.69, 9.17) is 10.5 Å². The quantitative estimate of drug-likeness (QED) is 0.668. The van der Waals surface area contributed by atoms with Crippen LogP contribution in [0.4, 0.5) is 10.1 Å². The molecule has 0 aliphatic heterocycles. The Morgan fingerprint density at radius 3 is 2.64 bits per heavy atom. The van der Waals surface area contributed by atoms with Crippen LogP contribution in [0.3, 0.4) is 0 Å². The molecule has 1 aromatic carbocycles. The number of amides is 2. The van der Waals surface area contributed by atoms with Crippen LogP contribution >= 0.6 is 0 Å². The largest absolute Gasteiger partial charge is 0.477 e. The summed E-state index contributed by atoms with van der Waals surface area (Å²) in [6.45, 7) is 4.01. The smallest absolute Gasteiger partial charge is 0.259 e. The highest BCUT2D eigenvalue weighted by Gasteiger charge is 2.17. The van der Waals surface area contributed by atoms with E-state index in [-0.39, 0.29) is 16.8 Å². The Kier molecular flexibility index (Phi) is 5.30. The number of hydrogen-bond acceptors (Lipinski definition) is 6. The van der Waals surface area contributed by atoms with Crippen LogP contribution in [-0.2, 0) is 0 Å². The third-order valence-electron chi connectivity index (χ3n) is 3.88. The van der Waals surface area contributed by atoms with Gasteiger partial charge in [-0.05, 0) is 38.1 Å². The second-order valence-electron chi connectivity index (χ2n) is 5.73. The summed E-state index contributed by atoms with van der Waals surface area (Å²) in [5.74, 6) is -1.37. The van der Waals surface area contributed by atoms with E-state index in [2.05, 4.69) is 20.6 Å². The molecule has 9 nitrogen and oxygen atoms in total. The average molecular weight is 384 g/mol. The Hall–Kier alpha value is -3.82. The Morgan fingerprint density at radius 2 is 2.00 bits per heavy atom. The van der Waals surface area contributed by atoms with Gasteiger partial charge in [-0.3, -0.25) is 9.59 Å². The molecule has 28 heavy (non-hydrogen) atoms. The molecule has 2 heterocycles. The number of hydrogen-bond donors (Lipinski definition) is 2. The number of primary amides is 1. The first-order valence-electron chi connectivity index (χ1n) is 8.33. The fourth-order valence-electron chi connectivity index (χ4n) is 2.50. The molecule has 0 saturated heterocycles. The number of anilines is 1. The Morgan fingerprint density at radius 1 is 1.21 bits per heavy atom. The van der Waals surface area contributed by atoms with Crippen molar-refractivity contribution < 1.29 is 18.7 Å². The first-order chi connectivity index (χ1) is 13.4. The van der Waals surface area contributed by atoms with E-state index in [0.717, 1.165) is 6.07 Å². The summed E-state index contributed by atoms with van der Waals surface area (Å²) < 4.78 is 20.3. The summed E-state index contributed by atoms with van der Waals surface area (Å²) in [6, 6.07) is 6.88. The van der Waals surface area contributed by atoms with Crippen LogP contribution in [0.2, 0.25) is 0 Å². The normalized spacial score (nSPS) is 10.5. The summed E-state index contributed by atoms with van der Waals surface area (Å²) in [7, 11) is 0. The van der Waals surface area contributed by atoms with Crippen molar-refractivity contribution in [3.05, 3.63) is 59.2 Å². The monoisotopic (exact) mass is 384 g/mol. The minimum Gasteiger partial charge on any atom is -0.477 e. The van der Waals surface area contributed by atoms with Crippen molar-refractivity contribution >= 4 is 17.5 Å². The van der Waals surface area contributed by atoms with Gasteiger partial charge in [0.2, 0.25) is 5.88 Å². The highest BCUT2D eigenvalue weighted by molar-refractivity contribution is 6.05. The number of benzene rings is 1. The number of carbonyl (C=O) groups excluding carboxylic acids is 2. The van der Waals surface area contributed by atoms with Crippen LogP contribution in [0, 0.1) is 12.7 Å². The number of nitrogens with two attached hydrogens (primary N) is 1.